The number of benzene rings is 1. The Kier molecular flexibility index (Phi) is 3.98. The molecule has 0 aromatic heterocycles. The zero-order valence-electron chi connectivity index (χ0n) is 11.0. The van der Waals surface area contributed by atoms with Crippen molar-refractivity contribution in [1.29, 1.82) is 0 Å². The molecular weight excluding hydrogens is 198 g/mol. The summed E-state index contributed by atoms with van der Waals surface area (Å²) in [5.41, 5.74) is 2.36. The van der Waals surface area contributed by atoms with Gasteiger partial charge in [0.1, 0.15) is 0 Å². The molecule has 0 aliphatic heterocycles. The Morgan fingerprint density at radius 2 is 1.81 bits per heavy atom. The van der Waals surface area contributed by atoms with Crippen LogP contribution in [0.4, 0.5) is 5.69 Å². The van der Waals surface area contributed by atoms with Gasteiger partial charge in [0.2, 0.25) is 0 Å². The molecule has 0 saturated heterocycles. The highest BCUT2D eigenvalue weighted by molar-refractivity contribution is 5.54. The maximum absolute atomic E-state index is 9.73. The van der Waals surface area contributed by atoms with E-state index in [-0.39, 0.29) is 5.41 Å². The number of para-hydroxylation sites is 1. The van der Waals surface area contributed by atoms with Gasteiger partial charge < -0.3 is 10.0 Å². The second-order valence-electron chi connectivity index (χ2n) is 5.65. The quantitative estimate of drug-likeness (QED) is 0.847. The second-order valence-corrected chi connectivity index (χ2v) is 5.65. The van der Waals surface area contributed by atoms with Crippen molar-refractivity contribution in [3.05, 3.63) is 29.8 Å². The maximum Gasteiger partial charge on any atom is 0.0781 e. The lowest BCUT2D eigenvalue weighted by Crippen LogP contribution is -2.29. The van der Waals surface area contributed by atoms with Crippen molar-refractivity contribution in [2.24, 2.45) is 5.41 Å². The molecule has 0 radical (unpaired) electrons. The molecule has 16 heavy (non-hydrogen) atoms. The topological polar surface area (TPSA) is 23.5 Å². The molecule has 1 aromatic rings. The van der Waals surface area contributed by atoms with Crippen LogP contribution in [0.15, 0.2) is 24.3 Å². The van der Waals surface area contributed by atoms with Gasteiger partial charge in [-0.05, 0) is 18.4 Å². The van der Waals surface area contributed by atoms with Gasteiger partial charge in [-0.2, -0.15) is 0 Å². The third-order valence-corrected chi connectivity index (χ3v) is 2.51. The summed E-state index contributed by atoms with van der Waals surface area (Å²) in [4.78, 5) is 2.21. The predicted molar refractivity (Wildman–Crippen MR) is 69.8 cm³/mol. The van der Waals surface area contributed by atoms with E-state index in [0.717, 1.165) is 17.8 Å². The molecule has 0 amide bonds. The molecule has 1 atom stereocenters. The first kappa shape index (κ1) is 13.0. The van der Waals surface area contributed by atoms with E-state index in [4.69, 9.17) is 0 Å². The third kappa shape index (κ3) is 3.53. The standard InChI is InChI=1S/C14H23NO/c1-11(16)12-8-6-7-9-13(12)15(5)10-14(2,3)4/h6-9,11,16H,10H2,1-5H3/t11-/m0/s1. The molecule has 0 saturated carbocycles. The fourth-order valence-electron chi connectivity index (χ4n) is 1.99. The Bertz CT molecular complexity index is 339. The van der Waals surface area contributed by atoms with Gasteiger partial charge >= 0.3 is 0 Å². The number of nitrogens with zero attached hydrogens (tertiary/aromatic N) is 1. The Morgan fingerprint density at radius 3 is 2.31 bits per heavy atom. The Morgan fingerprint density at radius 1 is 1.25 bits per heavy atom. The lowest BCUT2D eigenvalue weighted by Gasteiger charge is -2.30. The number of hydrogen-bond donors (Lipinski definition) is 1. The van der Waals surface area contributed by atoms with Crippen LogP contribution >= 0.6 is 0 Å². The van der Waals surface area contributed by atoms with Crippen molar-refractivity contribution in [1.82, 2.24) is 0 Å². The normalized spacial score (nSPS) is 13.6. The molecule has 0 unspecified atom stereocenters. The molecule has 2 nitrogen and oxygen atoms in total. The lowest BCUT2D eigenvalue weighted by molar-refractivity contribution is 0.199. The maximum atomic E-state index is 9.73. The number of aliphatic hydroxyl groups excluding tert-OH is 1. The van der Waals surface area contributed by atoms with E-state index in [0.29, 0.717) is 0 Å². The number of anilines is 1. The molecule has 0 fully saturated rings. The van der Waals surface area contributed by atoms with Crippen molar-refractivity contribution in [3.8, 4) is 0 Å². The first-order valence-corrected chi connectivity index (χ1v) is 5.79. The zero-order chi connectivity index (χ0) is 12.3. The molecular formula is C14H23NO. The molecule has 1 N–H and O–H groups in total. The first-order valence-electron chi connectivity index (χ1n) is 5.79. The molecule has 0 spiro atoms. The molecule has 0 bridgehead atoms. The van der Waals surface area contributed by atoms with Crippen LogP contribution in [0, 0.1) is 5.41 Å². The molecule has 2 heteroatoms. The summed E-state index contributed by atoms with van der Waals surface area (Å²) in [5, 5.41) is 9.73. The van der Waals surface area contributed by atoms with Crippen molar-refractivity contribution < 1.29 is 5.11 Å². The van der Waals surface area contributed by atoms with Crippen molar-refractivity contribution in [3.63, 3.8) is 0 Å². The van der Waals surface area contributed by atoms with E-state index in [9.17, 15) is 5.11 Å². The van der Waals surface area contributed by atoms with Crippen molar-refractivity contribution >= 4 is 5.69 Å². The van der Waals surface area contributed by atoms with E-state index >= 15 is 0 Å². The minimum atomic E-state index is -0.418. The van der Waals surface area contributed by atoms with Gasteiger partial charge in [-0.1, -0.05) is 39.0 Å². The van der Waals surface area contributed by atoms with Crippen molar-refractivity contribution in [2.75, 3.05) is 18.5 Å². The Balaban J connectivity index is 2.95. The highest BCUT2D eigenvalue weighted by Gasteiger charge is 2.17. The molecule has 90 valence electrons. The average molecular weight is 221 g/mol. The van der Waals surface area contributed by atoms with Crippen LogP contribution in [0.2, 0.25) is 0 Å². The van der Waals surface area contributed by atoms with E-state index in [2.05, 4.69) is 38.8 Å². The minimum absolute atomic E-state index is 0.251. The van der Waals surface area contributed by atoms with Crippen molar-refractivity contribution in [2.45, 2.75) is 33.8 Å². The first-order chi connectivity index (χ1) is 7.31. The summed E-state index contributed by atoms with van der Waals surface area (Å²) < 4.78 is 0. The summed E-state index contributed by atoms with van der Waals surface area (Å²) >= 11 is 0. The molecule has 0 heterocycles. The fourth-order valence-corrected chi connectivity index (χ4v) is 1.99. The van der Waals surface area contributed by atoms with E-state index in [1.807, 2.05) is 25.1 Å². The van der Waals surface area contributed by atoms with E-state index in [1.165, 1.54) is 0 Å². The summed E-state index contributed by atoms with van der Waals surface area (Å²) in [6.07, 6.45) is -0.418. The molecule has 0 aliphatic rings. The van der Waals surface area contributed by atoms with E-state index < -0.39 is 6.10 Å². The summed E-state index contributed by atoms with van der Waals surface area (Å²) in [6, 6.07) is 8.03. The average Bonchev–Trinajstić information content (AvgIpc) is 2.15. The van der Waals surface area contributed by atoms with E-state index in [1.54, 1.807) is 0 Å². The van der Waals surface area contributed by atoms with Crippen LogP contribution < -0.4 is 4.90 Å². The van der Waals surface area contributed by atoms with Gasteiger partial charge in [0.15, 0.2) is 0 Å². The molecule has 1 aromatic carbocycles. The highest BCUT2D eigenvalue weighted by Crippen LogP contribution is 2.27. The van der Waals surface area contributed by atoms with Gasteiger partial charge in [0.05, 0.1) is 6.10 Å². The van der Waals surface area contributed by atoms with Gasteiger partial charge in [-0.3, -0.25) is 0 Å². The summed E-state index contributed by atoms with van der Waals surface area (Å²) in [6.45, 7) is 9.43. The second kappa shape index (κ2) is 4.88. The number of rotatable bonds is 3. The van der Waals surface area contributed by atoms with Gasteiger partial charge in [-0.15, -0.1) is 0 Å². The third-order valence-electron chi connectivity index (χ3n) is 2.51. The van der Waals surface area contributed by atoms with Crippen LogP contribution in [0.1, 0.15) is 39.4 Å². The predicted octanol–water partition coefficient (Wildman–Crippen LogP) is 3.22. The van der Waals surface area contributed by atoms with Crippen LogP contribution in [0.5, 0.6) is 0 Å². The number of hydrogen-bond acceptors (Lipinski definition) is 2. The van der Waals surface area contributed by atoms with Crippen LogP contribution in [-0.4, -0.2) is 18.7 Å². The minimum Gasteiger partial charge on any atom is -0.389 e. The Hall–Kier alpha value is -1.02. The SMILES string of the molecule is C[C@H](O)c1ccccc1N(C)CC(C)(C)C. The van der Waals surface area contributed by atoms with Crippen LogP contribution in [-0.2, 0) is 0 Å². The smallest absolute Gasteiger partial charge is 0.0781 e. The largest absolute Gasteiger partial charge is 0.389 e. The molecule has 1 rings (SSSR count). The van der Waals surface area contributed by atoms with Crippen LogP contribution in [0.3, 0.4) is 0 Å². The molecule has 0 aliphatic carbocycles. The lowest BCUT2D eigenvalue weighted by atomic mass is 9.95. The van der Waals surface area contributed by atoms with Gasteiger partial charge in [0, 0.05) is 24.8 Å². The summed E-state index contributed by atoms with van der Waals surface area (Å²) in [5.74, 6) is 0. The van der Waals surface area contributed by atoms with Crippen LogP contribution in [0.25, 0.3) is 0 Å². The van der Waals surface area contributed by atoms with Gasteiger partial charge in [-0.25, -0.2) is 0 Å². The monoisotopic (exact) mass is 221 g/mol. The highest BCUT2D eigenvalue weighted by atomic mass is 16.3. The van der Waals surface area contributed by atoms with Gasteiger partial charge in [0.25, 0.3) is 0 Å². The summed E-state index contributed by atoms with van der Waals surface area (Å²) in [7, 11) is 2.08. The zero-order valence-corrected chi connectivity index (χ0v) is 11.0. The number of aliphatic hydroxyl groups is 1. The Labute approximate surface area is 98.9 Å². The fraction of sp³-hybridized carbons (Fsp3) is 0.571.